The molecule has 0 unspecified atom stereocenters. The number of hydrogen-bond donors (Lipinski definition) is 0. The van der Waals surface area contributed by atoms with Crippen LogP contribution in [0.1, 0.15) is 11.1 Å². The summed E-state index contributed by atoms with van der Waals surface area (Å²) in [6.45, 7) is 2.13. The molecule has 2 heteroatoms. The summed E-state index contributed by atoms with van der Waals surface area (Å²) < 4.78 is 0. The molecule has 0 N–H and O–H groups in total. The molecular formula is C17H20N2. The predicted molar refractivity (Wildman–Crippen MR) is 82.0 cm³/mol. The Hall–Kier alpha value is -1.96. The lowest BCUT2D eigenvalue weighted by molar-refractivity contribution is 0.732. The quantitative estimate of drug-likeness (QED) is 0.809. The minimum Gasteiger partial charge on any atom is -0.378 e. The summed E-state index contributed by atoms with van der Waals surface area (Å²) in [6.07, 6.45) is 1.14. The van der Waals surface area contributed by atoms with Gasteiger partial charge in [-0.3, -0.25) is 0 Å². The molecule has 98 valence electrons. The lowest BCUT2D eigenvalue weighted by Crippen LogP contribution is -2.30. The van der Waals surface area contributed by atoms with Gasteiger partial charge >= 0.3 is 0 Å². The van der Waals surface area contributed by atoms with Gasteiger partial charge in [-0.25, -0.2) is 0 Å². The van der Waals surface area contributed by atoms with E-state index in [9.17, 15) is 0 Å². The van der Waals surface area contributed by atoms with Crippen molar-refractivity contribution in [2.24, 2.45) is 0 Å². The van der Waals surface area contributed by atoms with Gasteiger partial charge in [0.05, 0.1) is 0 Å². The van der Waals surface area contributed by atoms with E-state index in [2.05, 4.69) is 72.4 Å². The van der Waals surface area contributed by atoms with Gasteiger partial charge in [0, 0.05) is 38.6 Å². The minimum atomic E-state index is 1.03. The van der Waals surface area contributed by atoms with Gasteiger partial charge < -0.3 is 9.80 Å². The van der Waals surface area contributed by atoms with Gasteiger partial charge in [0.2, 0.25) is 0 Å². The van der Waals surface area contributed by atoms with Crippen molar-refractivity contribution in [1.29, 1.82) is 0 Å². The molecule has 0 aromatic heterocycles. The van der Waals surface area contributed by atoms with Crippen LogP contribution in [0.5, 0.6) is 0 Å². The molecule has 1 heterocycles. The first-order valence-corrected chi connectivity index (χ1v) is 6.83. The predicted octanol–water partition coefficient (Wildman–Crippen LogP) is 3.32. The average Bonchev–Trinajstić information content (AvgIpc) is 2.47. The monoisotopic (exact) mass is 252 g/mol. The molecule has 0 spiro atoms. The molecule has 2 nitrogen and oxygen atoms in total. The highest BCUT2D eigenvalue weighted by atomic mass is 15.1. The third-order valence-corrected chi connectivity index (χ3v) is 3.86. The first kappa shape index (κ1) is 12.1. The van der Waals surface area contributed by atoms with E-state index in [1.54, 1.807) is 0 Å². The van der Waals surface area contributed by atoms with Crippen molar-refractivity contribution in [1.82, 2.24) is 0 Å². The maximum atomic E-state index is 2.46. The molecule has 1 aliphatic rings. The molecule has 0 saturated heterocycles. The van der Waals surface area contributed by atoms with E-state index in [1.807, 2.05) is 0 Å². The van der Waals surface area contributed by atoms with E-state index in [1.165, 1.54) is 22.5 Å². The molecule has 0 saturated carbocycles. The first-order valence-electron chi connectivity index (χ1n) is 6.83. The van der Waals surface area contributed by atoms with Gasteiger partial charge in [-0.1, -0.05) is 24.3 Å². The minimum absolute atomic E-state index is 1.03. The Bertz CT molecular complexity index is 558. The van der Waals surface area contributed by atoms with Gasteiger partial charge in [0.1, 0.15) is 0 Å². The fraction of sp³-hybridized carbons (Fsp3) is 0.294. The number of rotatable bonds is 2. The molecule has 2 aromatic carbocycles. The second-order valence-electron chi connectivity index (χ2n) is 5.35. The van der Waals surface area contributed by atoms with Gasteiger partial charge in [-0.2, -0.15) is 0 Å². The number of benzene rings is 2. The second kappa shape index (κ2) is 4.96. The average molecular weight is 252 g/mol. The van der Waals surface area contributed by atoms with Crippen LogP contribution in [0.4, 0.5) is 11.4 Å². The highest BCUT2D eigenvalue weighted by molar-refractivity contribution is 5.57. The van der Waals surface area contributed by atoms with E-state index < -0.39 is 0 Å². The molecule has 2 aromatic rings. The normalized spacial score (nSPS) is 14.1. The highest BCUT2D eigenvalue weighted by Crippen LogP contribution is 2.25. The molecule has 0 aliphatic carbocycles. The Balaban J connectivity index is 1.81. The van der Waals surface area contributed by atoms with Crippen molar-refractivity contribution in [3.8, 4) is 0 Å². The zero-order valence-corrected chi connectivity index (χ0v) is 11.6. The van der Waals surface area contributed by atoms with Gasteiger partial charge in [0.15, 0.2) is 0 Å². The molecule has 1 aliphatic heterocycles. The molecule has 0 atom stereocenters. The van der Waals surface area contributed by atoms with Crippen LogP contribution < -0.4 is 9.80 Å². The van der Waals surface area contributed by atoms with Crippen molar-refractivity contribution >= 4 is 11.4 Å². The summed E-state index contributed by atoms with van der Waals surface area (Å²) in [5.74, 6) is 0. The third kappa shape index (κ3) is 2.43. The Labute approximate surface area is 115 Å². The van der Waals surface area contributed by atoms with Gasteiger partial charge in [0.25, 0.3) is 0 Å². The Morgan fingerprint density at radius 1 is 0.895 bits per heavy atom. The summed E-state index contributed by atoms with van der Waals surface area (Å²) in [6, 6.07) is 17.6. The highest BCUT2D eigenvalue weighted by Gasteiger charge is 2.15. The zero-order chi connectivity index (χ0) is 13.2. The molecule has 0 bridgehead atoms. The maximum Gasteiger partial charge on any atom is 0.0432 e. The Morgan fingerprint density at radius 3 is 2.26 bits per heavy atom. The summed E-state index contributed by atoms with van der Waals surface area (Å²) in [7, 11) is 4.15. The summed E-state index contributed by atoms with van der Waals surface area (Å²) in [4.78, 5) is 4.59. The van der Waals surface area contributed by atoms with Gasteiger partial charge in [-0.15, -0.1) is 0 Å². The molecule has 0 fully saturated rings. The van der Waals surface area contributed by atoms with Crippen LogP contribution in [-0.4, -0.2) is 20.6 Å². The molecule has 0 amide bonds. The van der Waals surface area contributed by atoms with Crippen LogP contribution in [0.2, 0.25) is 0 Å². The molecular weight excluding hydrogens is 232 g/mol. The second-order valence-corrected chi connectivity index (χ2v) is 5.35. The zero-order valence-electron chi connectivity index (χ0n) is 11.6. The standard InChI is InChI=1S/C17H20N2/c1-18(2)16-7-9-17(10-8-16)19-12-11-14-5-3-4-6-15(14)13-19/h3-10H,11-13H2,1-2H3. The van der Waals surface area contributed by atoms with E-state index in [0.717, 1.165) is 19.5 Å². The number of hydrogen-bond acceptors (Lipinski definition) is 2. The van der Waals surface area contributed by atoms with Crippen LogP contribution in [0.25, 0.3) is 0 Å². The number of anilines is 2. The Morgan fingerprint density at radius 2 is 1.58 bits per heavy atom. The van der Waals surface area contributed by atoms with E-state index in [-0.39, 0.29) is 0 Å². The first-order chi connectivity index (χ1) is 9.24. The van der Waals surface area contributed by atoms with Crippen LogP contribution >= 0.6 is 0 Å². The van der Waals surface area contributed by atoms with Crippen molar-refractivity contribution in [2.75, 3.05) is 30.4 Å². The SMILES string of the molecule is CN(C)c1ccc(N2CCc3ccccc3C2)cc1. The van der Waals surface area contributed by atoms with Crippen molar-refractivity contribution in [3.05, 3.63) is 59.7 Å². The molecule has 3 rings (SSSR count). The summed E-state index contributed by atoms with van der Waals surface area (Å²) >= 11 is 0. The van der Waals surface area contributed by atoms with Crippen molar-refractivity contribution < 1.29 is 0 Å². The van der Waals surface area contributed by atoms with Crippen molar-refractivity contribution in [3.63, 3.8) is 0 Å². The summed E-state index contributed by atoms with van der Waals surface area (Å²) in [5, 5.41) is 0. The van der Waals surface area contributed by atoms with E-state index in [0.29, 0.717) is 0 Å². The molecule has 19 heavy (non-hydrogen) atoms. The van der Waals surface area contributed by atoms with E-state index >= 15 is 0 Å². The topological polar surface area (TPSA) is 6.48 Å². The van der Waals surface area contributed by atoms with Crippen LogP contribution in [0.15, 0.2) is 48.5 Å². The van der Waals surface area contributed by atoms with Crippen LogP contribution in [0.3, 0.4) is 0 Å². The smallest absolute Gasteiger partial charge is 0.0432 e. The van der Waals surface area contributed by atoms with Crippen LogP contribution in [0, 0.1) is 0 Å². The van der Waals surface area contributed by atoms with Crippen LogP contribution in [-0.2, 0) is 13.0 Å². The van der Waals surface area contributed by atoms with Crippen molar-refractivity contribution in [2.45, 2.75) is 13.0 Å². The Kier molecular flexibility index (Phi) is 3.16. The fourth-order valence-corrected chi connectivity index (χ4v) is 2.68. The third-order valence-electron chi connectivity index (χ3n) is 3.86. The maximum absolute atomic E-state index is 2.46. The van der Waals surface area contributed by atoms with Gasteiger partial charge in [-0.05, 0) is 41.8 Å². The number of fused-ring (bicyclic) bond motifs is 1. The lowest BCUT2D eigenvalue weighted by atomic mass is 9.99. The lowest BCUT2D eigenvalue weighted by Gasteiger charge is -2.31. The largest absolute Gasteiger partial charge is 0.378 e. The van der Waals surface area contributed by atoms with E-state index in [4.69, 9.17) is 0 Å². The molecule has 0 radical (unpaired) electrons. The fourth-order valence-electron chi connectivity index (χ4n) is 2.68. The summed E-state index contributed by atoms with van der Waals surface area (Å²) in [5.41, 5.74) is 5.54. The number of nitrogens with zero attached hydrogens (tertiary/aromatic N) is 2.